The summed E-state index contributed by atoms with van der Waals surface area (Å²) in [6.45, 7) is 4.45. The molecule has 21 heavy (non-hydrogen) atoms. The van der Waals surface area contributed by atoms with Crippen LogP contribution in [-0.2, 0) is 0 Å². The minimum Gasteiger partial charge on any atom is -0.351 e. The van der Waals surface area contributed by atoms with Crippen molar-refractivity contribution in [1.29, 1.82) is 0 Å². The highest BCUT2D eigenvalue weighted by Gasteiger charge is 2.27. The molecule has 0 fully saturated rings. The number of halogens is 2. The van der Waals surface area contributed by atoms with E-state index >= 15 is 0 Å². The molecule has 0 aromatic heterocycles. The summed E-state index contributed by atoms with van der Waals surface area (Å²) in [5.74, 6) is -1.30. The molecule has 1 aromatic rings. The Morgan fingerprint density at radius 1 is 1.43 bits per heavy atom. The van der Waals surface area contributed by atoms with Crippen LogP contribution in [0.5, 0.6) is 0 Å². The molecule has 0 atom stereocenters. The Labute approximate surface area is 131 Å². The monoisotopic (exact) mass is 360 g/mol. The molecular weight excluding hydrogens is 343 g/mol. The average molecular weight is 361 g/mol. The number of nitro groups is 1. The van der Waals surface area contributed by atoms with Gasteiger partial charge < -0.3 is 5.32 Å². The maximum absolute atomic E-state index is 13.1. The third kappa shape index (κ3) is 4.23. The van der Waals surface area contributed by atoms with Gasteiger partial charge in [-0.2, -0.15) is 0 Å². The third-order valence-electron chi connectivity index (χ3n) is 3.81. The van der Waals surface area contributed by atoms with Crippen molar-refractivity contribution in [3.8, 4) is 0 Å². The predicted molar refractivity (Wildman–Crippen MR) is 82.2 cm³/mol. The molecule has 5 nitrogen and oxygen atoms in total. The maximum atomic E-state index is 13.1. The van der Waals surface area contributed by atoms with Gasteiger partial charge >= 0.3 is 0 Å². The summed E-state index contributed by atoms with van der Waals surface area (Å²) in [7, 11) is 0. The van der Waals surface area contributed by atoms with Crippen LogP contribution < -0.4 is 5.32 Å². The van der Waals surface area contributed by atoms with Crippen molar-refractivity contribution in [2.75, 3.05) is 11.9 Å². The zero-order chi connectivity index (χ0) is 16.0. The van der Waals surface area contributed by atoms with Crippen LogP contribution in [0.2, 0.25) is 0 Å². The van der Waals surface area contributed by atoms with Gasteiger partial charge in [-0.1, -0.05) is 29.8 Å². The van der Waals surface area contributed by atoms with E-state index in [1.165, 1.54) is 0 Å². The lowest BCUT2D eigenvalue weighted by Crippen LogP contribution is -2.38. The van der Waals surface area contributed by atoms with Gasteiger partial charge in [0.15, 0.2) is 0 Å². The highest BCUT2D eigenvalue weighted by molar-refractivity contribution is 9.09. The highest BCUT2D eigenvalue weighted by Crippen LogP contribution is 2.28. The maximum Gasteiger partial charge on any atom is 0.285 e. The number of hydrogen-bond donors (Lipinski definition) is 1. The van der Waals surface area contributed by atoms with Crippen molar-refractivity contribution in [3.63, 3.8) is 0 Å². The number of carbonyl (C=O) groups excluding carboxylic acids is 1. The van der Waals surface area contributed by atoms with E-state index in [1.54, 1.807) is 0 Å². The number of benzene rings is 1. The van der Waals surface area contributed by atoms with Gasteiger partial charge in [-0.15, -0.1) is 0 Å². The Balaban J connectivity index is 2.93. The fourth-order valence-corrected chi connectivity index (χ4v) is 2.94. The summed E-state index contributed by atoms with van der Waals surface area (Å²) in [5.41, 5.74) is -0.744. The number of nitrogens with one attached hydrogen (secondary N) is 1. The van der Waals surface area contributed by atoms with E-state index in [2.05, 4.69) is 21.2 Å². The molecule has 7 heteroatoms. The quantitative estimate of drug-likeness (QED) is 0.458. The second kappa shape index (κ2) is 7.49. The van der Waals surface area contributed by atoms with E-state index in [1.807, 2.05) is 13.8 Å². The van der Waals surface area contributed by atoms with Crippen molar-refractivity contribution in [2.45, 2.75) is 26.7 Å². The van der Waals surface area contributed by atoms with E-state index in [0.29, 0.717) is 6.54 Å². The van der Waals surface area contributed by atoms with Gasteiger partial charge in [0, 0.05) is 11.9 Å². The number of hydrogen-bond acceptors (Lipinski definition) is 3. The molecule has 0 bridgehead atoms. The van der Waals surface area contributed by atoms with Crippen LogP contribution >= 0.6 is 15.9 Å². The number of alkyl halides is 1. The summed E-state index contributed by atoms with van der Waals surface area (Å²) in [6.07, 6.45) is 1.72. The van der Waals surface area contributed by atoms with Gasteiger partial charge in [-0.3, -0.25) is 14.9 Å². The molecule has 116 valence electrons. The Kier molecular flexibility index (Phi) is 6.26. The molecule has 0 aliphatic carbocycles. The van der Waals surface area contributed by atoms with Gasteiger partial charge in [-0.05, 0) is 30.4 Å². The summed E-state index contributed by atoms with van der Waals surface area (Å²) >= 11 is 3.44. The molecule has 0 radical (unpaired) electrons. The molecule has 1 rings (SSSR count). The van der Waals surface area contributed by atoms with Crippen LogP contribution in [0.3, 0.4) is 0 Å². The zero-order valence-electron chi connectivity index (χ0n) is 12.0. The van der Waals surface area contributed by atoms with Gasteiger partial charge in [0.05, 0.1) is 11.0 Å². The van der Waals surface area contributed by atoms with Crippen LogP contribution in [-0.4, -0.2) is 22.7 Å². The van der Waals surface area contributed by atoms with Gasteiger partial charge in [0.25, 0.3) is 11.6 Å². The van der Waals surface area contributed by atoms with Crippen LogP contribution in [0, 0.1) is 21.3 Å². The van der Waals surface area contributed by atoms with E-state index in [0.717, 1.165) is 36.4 Å². The van der Waals surface area contributed by atoms with Crippen molar-refractivity contribution in [1.82, 2.24) is 5.32 Å². The van der Waals surface area contributed by atoms with Crippen molar-refractivity contribution >= 4 is 27.5 Å². The first kappa shape index (κ1) is 17.6. The largest absolute Gasteiger partial charge is 0.351 e. The molecule has 1 N–H and O–H groups in total. The second-order valence-electron chi connectivity index (χ2n) is 4.94. The Morgan fingerprint density at radius 2 is 2.05 bits per heavy atom. The van der Waals surface area contributed by atoms with Crippen molar-refractivity contribution in [2.24, 2.45) is 5.41 Å². The number of nitrogens with zero attached hydrogens (tertiary/aromatic N) is 1. The summed E-state index contributed by atoms with van der Waals surface area (Å²) in [6, 6.07) is 2.93. The van der Waals surface area contributed by atoms with E-state index in [-0.39, 0.29) is 11.0 Å². The highest BCUT2D eigenvalue weighted by atomic mass is 79.9. The van der Waals surface area contributed by atoms with Gasteiger partial charge in [0.2, 0.25) is 0 Å². The predicted octanol–water partition coefficient (Wildman–Crippen LogP) is 3.67. The Hall–Kier alpha value is -1.50. The molecular formula is C14H18BrFN2O3. The summed E-state index contributed by atoms with van der Waals surface area (Å²) < 4.78 is 13.1. The zero-order valence-corrected chi connectivity index (χ0v) is 13.6. The van der Waals surface area contributed by atoms with E-state index < -0.39 is 22.3 Å². The molecule has 0 unspecified atom stereocenters. The SMILES string of the molecule is CCC(CC)(CBr)CNC(=O)c1ccc(F)cc1[N+](=O)[O-]. The van der Waals surface area contributed by atoms with Crippen LogP contribution in [0.15, 0.2) is 18.2 Å². The molecule has 0 aliphatic rings. The summed E-state index contributed by atoms with van der Waals surface area (Å²) in [5, 5.41) is 14.3. The lowest BCUT2D eigenvalue weighted by atomic mass is 9.84. The number of carbonyl (C=O) groups is 1. The van der Waals surface area contributed by atoms with Gasteiger partial charge in [-0.25, -0.2) is 4.39 Å². The van der Waals surface area contributed by atoms with Crippen molar-refractivity contribution < 1.29 is 14.1 Å². The molecule has 0 saturated carbocycles. The first-order valence-electron chi connectivity index (χ1n) is 6.67. The van der Waals surface area contributed by atoms with E-state index in [9.17, 15) is 19.3 Å². The van der Waals surface area contributed by atoms with E-state index in [4.69, 9.17) is 0 Å². The molecule has 1 aromatic carbocycles. The van der Waals surface area contributed by atoms with Crippen LogP contribution in [0.4, 0.5) is 10.1 Å². The molecule has 1 amide bonds. The Morgan fingerprint density at radius 3 is 2.52 bits per heavy atom. The summed E-state index contributed by atoms with van der Waals surface area (Å²) in [4.78, 5) is 22.3. The van der Waals surface area contributed by atoms with Gasteiger partial charge in [0.1, 0.15) is 11.4 Å². The fraction of sp³-hybridized carbons (Fsp3) is 0.500. The molecule has 0 spiro atoms. The standard InChI is InChI=1S/C14H18BrFN2O3/c1-3-14(4-2,8-15)9-17-13(19)11-6-5-10(16)7-12(11)18(20)21/h5-7H,3-4,8-9H2,1-2H3,(H,17,19). The minimum atomic E-state index is -0.755. The lowest BCUT2D eigenvalue weighted by molar-refractivity contribution is -0.385. The third-order valence-corrected chi connectivity index (χ3v) is 5.00. The van der Waals surface area contributed by atoms with Crippen molar-refractivity contribution in [3.05, 3.63) is 39.7 Å². The number of nitro benzene ring substituents is 1. The second-order valence-corrected chi connectivity index (χ2v) is 5.50. The first-order chi connectivity index (χ1) is 9.89. The number of rotatable bonds is 7. The smallest absolute Gasteiger partial charge is 0.285 e. The molecule has 0 aliphatic heterocycles. The van der Waals surface area contributed by atoms with Crippen LogP contribution in [0.1, 0.15) is 37.0 Å². The molecule has 0 saturated heterocycles. The minimum absolute atomic E-state index is 0.0928. The Bertz CT molecular complexity index is 525. The lowest BCUT2D eigenvalue weighted by Gasteiger charge is -2.29. The van der Waals surface area contributed by atoms with Crippen LogP contribution in [0.25, 0.3) is 0 Å². The number of amides is 1. The average Bonchev–Trinajstić information content (AvgIpc) is 2.48. The normalized spacial score (nSPS) is 11.2. The molecule has 0 heterocycles. The first-order valence-corrected chi connectivity index (χ1v) is 7.79. The topological polar surface area (TPSA) is 72.2 Å². The fourth-order valence-electron chi connectivity index (χ4n) is 1.95.